The summed E-state index contributed by atoms with van der Waals surface area (Å²) >= 11 is 16.7. The van der Waals surface area contributed by atoms with E-state index in [1.165, 1.54) is 0 Å². The van der Waals surface area contributed by atoms with Crippen molar-refractivity contribution < 1.29 is 4.74 Å². The highest BCUT2D eigenvalue weighted by Gasteiger charge is 2.18. The topological polar surface area (TPSA) is 9.23 Å². The van der Waals surface area contributed by atoms with Crippen LogP contribution in [0.3, 0.4) is 0 Å². The van der Waals surface area contributed by atoms with Crippen LogP contribution < -0.4 is 4.74 Å². The minimum Gasteiger partial charge on any atom is -0.493 e. The van der Waals surface area contributed by atoms with Gasteiger partial charge in [-0.15, -0.1) is 0 Å². The van der Waals surface area contributed by atoms with E-state index in [0.717, 1.165) is 5.75 Å². The van der Waals surface area contributed by atoms with Gasteiger partial charge in [0, 0.05) is 6.42 Å². The Morgan fingerprint density at radius 2 is 1.69 bits per heavy atom. The lowest BCUT2D eigenvalue weighted by Crippen LogP contribution is -2.09. The van der Waals surface area contributed by atoms with Crippen LogP contribution in [-0.2, 0) is 0 Å². The Labute approximate surface area is 92.5 Å². The van der Waals surface area contributed by atoms with E-state index in [1.807, 2.05) is 30.3 Å². The quantitative estimate of drug-likeness (QED) is 0.729. The van der Waals surface area contributed by atoms with Crippen LogP contribution in [0.5, 0.6) is 5.75 Å². The number of hydrogen-bond donors (Lipinski definition) is 0. The number of hydrogen-bond acceptors (Lipinski definition) is 1. The van der Waals surface area contributed by atoms with E-state index in [-0.39, 0.29) is 0 Å². The van der Waals surface area contributed by atoms with Crippen LogP contribution in [-0.4, -0.2) is 10.4 Å². The molecule has 0 saturated heterocycles. The summed E-state index contributed by atoms with van der Waals surface area (Å²) in [5, 5.41) is 0. The highest BCUT2D eigenvalue weighted by atomic mass is 35.6. The predicted octanol–water partition coefficient (Wildman–Crippen LogP) is 3.83. The maximum Gasteiger partial charge on any atom is 0.193 e. The van der Waals surface area contributed by atoms with Gasteiger partial charge in [0.2, 0.25) is 0 Å². The summed E-state index contributed by atoms with van der Waals surface area (Å²) in [6.07, 6.45) is 0.382. The smallest absolute Gasteiger partial charge is 0.193 e. The average Bonchev–Trinajstić information content (AvgIpc) is 2.04. The van der Waals surface area contributed by atoms with Crippen molar-refractivity contribution in [3.8, 4) is 5.75 Å². The largest absolute Gasteiger partial charge is 0.493 e. The first-order valence-corrected chi connectivity index (χ1v) is 4.96. The molecular weight excluding hydrogens is 230 g/mol. The van der Waals surface area contributed by atoms with E-state index in [2.05, 4.69) is 0 Å². The highest BCUT2D eigenvalue weighted by molar-refractivity contribution is 6.67. The van der Waals surface area contributed by atoms with E-state index in [4.69, 9.17) is 39.5 Å². The van der Waals surface area contributed by atoms with Gasteiger partial charge in [-0.3, -0.25) is 0 Å². The van der Waals surface area contributed by atoms with E-state index in [0.29, 0.717) is 13.0 Å². The Morgan fingerprint density at radius 1 is 1.08 bits per heavy atom. The lowest BCUT2D eigenvalue weighted by atomic mass is 10.3. The zero-order valence-corrected chi connectivity index (χ0v) is 9.11. The summed E-state index contributed by atoms with van der Waals surface area (Å²) in [4.78, 5) is 0. The molecule has 0 unspecified atom stereocenters. The van der Waals surface area contributed by atoms with E-state index in [9.17, 15) is 0 Å². The van der Waals surface area contributed by atoms with Crippen LogP contribution in [0.1, 0.15) is 6.42 Å². The molecule has 0 aliphatic carbocycles. The summed E-state index contributed by atoms with van der Waals surface area (Å²) in [6.45, 7) is 0.403. The van der Waals surface area contributed by atoms with Gasteiger partial charge in [0.05, 0.1) is 6.61 Å². The van der Waals surface area contributed by atoms with Gasteiger partial charge < -0.3 is 4.74 Å². The van der Waals surface area contributed by atoms with Crippen molar-refractivity contribution in [1.82, 2.24) is 0 Å². The molecule has 13 heavy (non-hydrogen) atoms. The third kappa shape index (κ3) is 5.25. The van der Waals surface area contributed by atoms with Crippen LogP contribution in [0, 0.1) is 0 Å². The molecule has 0 spiro atoms. The zero-order valence-electron chi connectivity index (χ0n) is 6.84. The molecule has 72 valence electrons. The molecule has 0 aliphatic rings. The first kappa shape index (κ1) is 11.0. The first-order valence-electron chi connectivity index (χ1n) is 3.82. The number of ether oxygens (including phenoxy) is 1. The zero-order chi connectivity index (χ0) is 9.73. The lowest BCUT2D eigenvalue weighted by molar-refractivity contribution is 0.312. The number of halogens is 3. The molecule has 4 heteroatoms. The van der Waals surface area contributed by atoms with Crippen molar-refractivity contribution in [1.29, 1.82) is 0 Å². The molecule has 0 aliphatic heterocycles. The molecule has 0 heterocycles. The van der Waals surface area contributed by atoms with Crippen molar-refractivity contribution in [2.45, 2.75) is 10.2 Å². The Bertz CT molecular complexity index is 243. The lowest BCUT2D eigenvalue weighted by Gasteiger charge is -2.11. The van der Waals surface area contributed by atoms with Gasteiger partial charge in [-0.25, -0.2) is 0 Å². The molecule has 0 radical (unpaired) electrons. The maximum atomic E-state index is 5.55. The molecule has 1 aromatic carbocycles. The Kier molecular flexibility index (Phi) is 4.17. The Morgan fingerprint density at radius 3 is 2.23 bits per heavy atom. The second-order valence-electron chi connectivity index (χ2n) is 2.53. The summed E-state index contributed by atoms with van der Waals surface area (Å²) in [6, 6.07) is 9.42. The third-order valence-electron chi connectivity index (χ3n) is 1.40. The van der Waals surface area contributed by atoms with Crippen LogP contribution in [0.15, 0.2) is 30.3 Å². The van der Waals surface area contributed by atoms with Gasteiger partial charge in [0.15, 0.2) is 3.79 Å². The summed E-state index contributed by atoms with van der Waals surface area (Å²) < 4.78 is 4.10. The second-order valence-corrected chi connectivity index (χ2v) is 5.04. The Balaban J connectivity index is 2.29. The molecule has 0 amide bonds. The van der Waals surface area contributed by atoms with Crippen LogP contribution in [0.25, 0.3) is 0 Å². The molecule has 0 fully saturated rings. The van der Waals surface area contributed by atoms with Gasteiger partial charge in [-0.2, -0.15) is 0 Å². The number of rotatable bonds is 3. The number of para-hydroxylation sites is 1. The monoisotopic (exact) mass is 238 g/mol. The van der Waals surface area contributed by atoms with E-state index >= 15 is 0 Å². The Hall–Kier alpha value is -0.110. The van der Waals surface area contributed by atoms with Gasteiger partial charge in [0.25, 0.3) is 0 Å². The fraction of sp³-hybridized carbons (Fsp3) is 0.333. The summed E-state index contributed by atoms with van der Waals surface area (Å²) in [7, 11) is 0. The molecule has 1 nitrogen and oxygen atoms in total. The number of alkyl halides is 3. The summed E-state index contributed by atoms with van der Waals surface area (Å²) in [5.41, 5.74) is 0. The molecule has 0 N–H and O–H groups in total. The minimum atomic E-state index is -1.23. The fourth-order valence-corrected chi connectivity index (χ4v) is 1.03. The predicted molar refractivity (Wildman–Crippen MR) is 56.8 cm³/mol. The van der Waals surface area contributed by atoms with Crippen molar-refractivity contribution in [3.63, 3.8) is 0 Å². The molecule has 1 rings (SSSR count). The second kappa shape index (κ2) is 4.94. The van der Waals surface area contributed by atoms with Crippen molar-refractivity contribution >= 4 is 34.8 Å². The fourth-order valence-electron chi connectivity index (χ4n) is 0.801. The molecule has 0 bridgehead atoms. The standard InChI is InChI=1S/C9H9Cl3O/c10-9(11,12)6-7-13-8-4-2-1-3-5-8/h1-5H,6-7H2. The van der Waals surface area contributed by atoms with Gasteiger partial charge in [0.1, 0.15) is 5.75 Å². The molecular formula is C9H9Cl3O. The van der Waals surface area contributed by atoms with Crippen molar-refractivity contribution in [2.24, 2.45) is 0 Å². The van der Waals surface area contributed by atoms with Crippen LogP contribution >= 0.6 is 34.8 Å². The third-order valence-corrected chi connectivity index (χ3v) is 1.96. The van der Waals surface area contributed by atoms with Gasteiger partial charge in [-0.1, -0.05) is 53.0 Å². The van der Waals surface area contributed by atoms with E-state index in [1.54, 1.807) is 0 Å². The summed E-state index contributed by atoms with van der Waals surface area (Å²) in [5.74, 6) is 0.789. The van der Waals surface area contributed by atoms with E-state index < -0.39 is 3.79 Å². The van der Waals surface area contributed by atoms with Crippen LogP contribution in [0.4, 0.5) is 0 Å². The van der Waals surface area contributed by atoms with Gasteiger partial charge in [-0.05, 0) is 12.1 Å². The SMILES string of the molecule is ClC(Cl)(Cl)CCOc1ccccc1. The first-order chi connectivity index (χ1) is 6.08. The normalized spacial score (nSPS) is 11.3. The molecule has 0 atom stereocenters. The number of benzene rings is 1. The maximum absolute atomic E-state index is 5.55. The van der Waals surface area contributed by atoms with Crippen molar-refractivity contribution in [3.05, 3.63) is 30.3 Å². The minimum absolute atomic E-state index is 0.382. The highest BCUT2D eigenvalue weighted by Crippen LogP contribution is 2.29. The van der Waals surface area contributed by atoms with Crippen molar-refractivity contribution in [2.75, 3.05) is 6.61 Å². The molecule has 0 saturated carbocycles. The average molecular weight is 240 g/mol. The molecule has 1 aromatic rings. The van der Waals surface area contributed by atoms with Gasteiger partial charge >= 0.3 is 0 Å². The van der Waals surface area contributed by atoms with Crippen LogP contribution in [0.2, 0.25) is 0 Å². The molecule has 0 aromatic heterocycles.